The van der Waals surface area contributed by atoms with E-state index in [1.54, 1.807) is 0 Å². The van der Waals surface area contributed by atoms with Gasteiger partial charge in [0.2, 0.25) is 0 Å². The lowest BCUT2D eigenvalue weighted by molar-refractivity contribution is -0.365. The second-order valence-electron chi connectivity index (χ2n) is 6.70. The smallest absolute Gasteiger partial charge is 0.135 e. The Morgan fingerprint density at radius 1 is 0.704 bits per heavy atom. The van der Waals surface area contributed by atoms with Crippen LogP contribution in [0.2, 0.25) is 0 Å². The van der Waals surface area contributed by atoms with Crippen LogP contribution in [0.4, 0.5) is 0 Å². The average molecular weight is 380 g/mol. The summed E-state index contributed by atoms with van der Waals surface area (Å²) < 4.78 is 12.0. The zero-order valence-corrected chi connectivity index (χ0v) is 15.8. The van der Waals surface area contributed by atoms with E-state index in [4.69, 9.17) is 9.47 Å². The maximum absolute atomic E-state index is 11.6. The summed E-state index contributed by atoms with van der Waals surface area (Å²) in [6, 6.07) is 0. The van der Waals surface area contributed by atoms with Gasteiger partial charge in [0, 0.05) is 6.42 Å². The standard InChI is InChI=1S/C21H32O6/c1-6-11-19(25)17(23)16(22)18(24)20(12-7-2,26-14-9-4)21(19,13-8-3)27-15-10-5/h6-10,16-18,22-25H,1-5,11-15H2/t16-,17-,18+,19+,20-,21+/m1/s1. The number of rotatable bonds is 12. The van der Waals surface area contributed by atoms with Gasteiger partial charge in [-0.15, -0.1) is 32.9 Å². The molecule has 0 amide bonds. The highest BCUT2D eigenvalue weighted by molar-refractivity contribution is 5.28. The van der Waals surface area contributed by atoms with E-state index in [0.29, 0.717) is 0 Å². The van der Waals surface area contributed by atoms with Crippen molar-refractivity contribution in [1.29, 1.82) is 0 Å². The van der Waals surface area contributed by atoms with Crippen LogP contribution in [0.25, 0.3) is 0 Å². The molecule has 1 saturated carbocycles. The van der Waals surface area contributed by atoms with Gasteiger partial charge < -0.3 is 29.9 Å². The van der Waals surface area contributed by atoms with Gasteiger partial charge in [-0.2, -0.15) is 0 Å². The third-order valence-corrected chi connectivity index (χ3v) is 5.24. The molecule has 1 aliphatic carbocycles. The molecule has 6 heteroatoms. The minimum Gasteiger partial charge on any atom is -0.387 e. The van der Waals surface area contributed by atoms with Crippen molar-refractivity contribution < 1.29 is 29.9 Å². The van der Waals surface area contributed by atoms with Gasteiger partial charge in [0.1, 0.15) is 35.1 Å². The van der Waals surface area contributed by atoms with Gasteiger partial charge in [-0.3, -0.25) is 0 Å². The molecule has 0 aliphatic heterocycles. The molecule has 0 saturated heterocycles. The third kappa shape index (κ3) is 3.61. The monoisotopic (exact) mass is 380 g/mol. The van der Waals surface area contributed by atoms with Crippen LogP contribution in [0.15, 0.2) is 63.3 Å². The van der Waals surface area contributed by atoms with Crippen LogP contribution in [0.5, 0.6) is 0 Å². The Balaban J connectivity index is 3.87. The Hall–Kier alpha value is -1.54. The van der Waals surface area contributed by atoms with Crippen LogP contribution in [0.3, 0.4) is 0 Å². The highest BCUT2D eigenvalue weighted by Gasteiger charge is 2.74. The van der Waals surface area contributed by atoms with E-state index in [1.165, 1.54) is 30.4 Å². The van der Waals surface area contributed by atoms with Gasteiger partial charge in [0.05, 0.1) is 13.2 Å². The lowest BCUT2D eigenvalue weighted by Gasteiger charge is -2.64. The van der Waals surface area contributed by atoms with E-state index in [1.807, 2.05) is 0 Å². The predicted octanol–water partition coefficient (Wildman–Crippen LogP) is 1.42. The fraction of sp³-hybridized carbons (Fsp3) is 0.524. The first-order chi connectivity index (χ1) is 12.8. The molecule has 4 N–H and O–H groups in total. The summed E-state index contributed by atoms with van der Waals surface area (Å²) in [5.74, 6) is 0. The minimum absolute atomic E-state index is 0.000823. The molecule has 0 aromatic rings. The second kappa shape index (κ2) is 9.59. The molecular formula is C21H32O6. The molecule has 0 heterocycles. The summed E-state index contributed by atoms with van der Waals surface area (Å²) >= 11 is 0. The largest absolute Gasteiger partial charge is 0.387 e. The maximum Gasteiger partial charge on any atom is 0.135 e. The van der Waals surface area contributed by atoms with Crippen molar-refractivity contribution in [2.24, 2.45) is 0 Å². The Labute approximate surface area is 161 Å². The second-order valence-corrected chi connectivity index (χ2v) is 6.70. The molecule has 27 heavy (non-hydrogen) atoms. The third-order valence-electron chi connectivity index (χ3n) is 5.24. The summed E-state index contributed by atoms with van der Waals surface area (Å²) in [5, 5.41) is 43.9. The quantitative estimate of drug-likeness (QED) is 0.382. The summed E-state index contributed by atoms with van der Waals surface area (Å²) in [6.07, 6.45) is 2.29. The molecule has 0 unspecified atom stereocenters. The first-order valence-electron chi connectivity index (χ1n) is 8.87. The molecule has 1 fully saturated rings. The van der Waals surface area contributed by atoms with Crippen molar-refractivity contribution >= 4 is 0 Å². The average Bonchev–Trinajstić information content (AvgIpc) is 2.65. The SMILES string of the molecule is C=CCO[C@@]1(CC=C)[C@](O)(CC=C)[C@H](O)[C@@H](O)[C@H](O)[C@@]1(CC=C)OCC=C. The molecule has 0 aromatic carbocycles. The highest BCUT2D eigenvalue weighted by Crippen LogP contribution is 2.54. The molecule has 1 aliphatic rings. The molecule has 6 nitrogen and oxygen atoms in total. The topological polar surface area (TPSA) is 99.4 Å². The fourth-order valence-electron chi connectivity index (χ4n) is 4.11. The van der Waals surface area contributed by atoms with Crippen LogP contribution in [-0.2, 0) is 9.47 Å². The summed E-state index contributed by atoms with van der Waals surface area (Å²) in [6.45, 7) is 18.4. The van der Waals surface area contributed by atoms with Crippen LogP contribution < -0.4 is 0 Å². The van der Waals surface area contributed by atoms with Gasteiger partial charge in [-0.05, 0) is 12.8 Å². The van der Waals surface area contributed by atoms with Crippen molar-refractivity contribution in [2.75, 3.05) is 13.2 Å². The van der Waals surface area contributed by atoms with Crippen molar-refractivity contribution in [3.8, 4) is 0 Å². The lowest BCUT2D eigenvalue weighted by Crippen LogP contribution is -2.84. The van der Waals surface area contributed by atoms with Gasteiger partial charge in [-0.1, -0.05) is 30.4 Å². The van der Waals surface area contributed by atoms with E-state index in [0.717, 1.165) is 0 Å². The molecule has 1 rings (SSSR count). The first-order valence-corrected chi connectivity index (χ1v) is 8.87. The maximum atomic E-state index is 11.6. The Kier molecular flexibility index (Phi) is 8.35. The fourth-order valence-corrected chi connectivity index (χ4v) is 4.11. The Morgan fingerprint density at radius 3 is 1.70 bits per heavy atom. The summed E-state index contributed by atoms with van der Waals surface area (Å²) in [4.78, 5) is 0. The molecule has 0 radical (unpaired) electrons. The number of aliphatic hydroxyl groups is 4. The Bertz CT molecular complexity index is 561. The van der Waals surface area contributed by atoms with Gasteiger partial charge >= 0.3 is 0 Å². The number of aliphatic hydroxyl groups excluding tert-OH is 3. The van der Waals surface area contributed by atoms with Crippen LogP contribution in [0.1, 0.15) is 19.3 Å². The normalized spacial score (nSPS) is 38.7. The molecule has 0 aromatic heterocycles. The van der Waals surface area contributed by atoms with Crippen molar-refractivity contribution in [3.05, 3.63) is 63.3 Å². The summed E-state index contributed by atoms with van der Waals surface area (Å²) in [7, 11) is 0. The molecule has 152 valence electrons. The lowest BCUT2D eigenvalue weighted by atomic mass is 9.55. The van der Waals surface area contributed by atoms with Crippen LogP contribution in [0, 0.1) is 0 Å². The molecule has 0 spiro atoms. The van der Waals surface area contributed by atoms with Crippen molar-refractivity contribution in [2.45, 2.75) is 54.4 Å². The molecular weight excluding hydrogens is 348 g/mol. The van der Waals surface area contributed by atoms with E-state index >= 15 is 0 Å². The van der Waals surface area contributed by atoms with Gasteiger partial charge in [0.25, 0.3) is 0 Å². The van der Waals surface area contributed by atoms with Crippen LogP contribution in [-0.4, -0.2) is 68.8 Å². The van der Waals surface area contributed by atoms with Crippen LogP contribution >= 0.6 is 0 Å². The Morgan fingerprint density at radius 2 is 1.22 bits per heavy atom. The van der Waals surface area contributed by atoms with E-state index < -0.39 is 35.1 Å². The summed E-state index contributed by atoms with van der Waals surface area (Å²) in [5.41, 5.74) is -5.36. The molecule has 0 bridgehead atoms. The first kappa shape index (κ1) is 23.5. The van der Waals surface area contributed by atoms with E-state index in [2.05, 4.69) is 32.9 Å². The van der Waals surface area contributed by atoms with Crippen molar-refractivity contribution in [1.82, 2.24) is 0 Å². The van der Waals surface area contributed by atoms with E-state index in [9.17, 15) is 20.4 Å². The number of ether oxygens (including phenoxy) is 2. The predicted molar refractivity (Wildman–Crippen MR) is 105 cm³/mol. The van der Waals surface area contributed by atoms with Gasteiger partial charge in [0.15, 0.2) is 0 Å². The van der Waals surface area contributed by atoms with Gasteiger partial charge in [-0.25, -0.2) is 0 Å². The highest BCUT2D eigenvalue weighted by atomic mass is 16.6. The van der Waals surface area contributed by atoms with E-state index in [-0.39, 0.29) is 32.5 Å². The number of hydrogen-bond acceptors (Lipinski definition) is 6. The zero-order valence-electron chi connectivity index (χ0n) is 15.8. The molecule has 6 atom stereocenters. The number of hydrogen-bond donors (Lipinski definition) is 4. The zero-order chi connectivity index (χ0) is 20.7. The minimum atomic E-state index is -2.03. The van der Waals surface area contributed by atoms with Crippen molar-refractivity contribution in [3.63, 3.8) is 0 Å².